The van der Waals surface area contributed by atoms with Gasteiger partial charge >= 0.3 is 5.97 Å². The number of hydrogen-bond donors (Lipinski definition) is 1. The fraction of sp³-hybridized carbons (Fsp3) is 0.500. The number of nitrogens with two attached hydrogens (primary N) is 1. The molecule has 6 heteroatoms. The van der Waals surface area contributed by atoms with E-state index in [0.29, 0.717) is 29.7 Å². The SMILES string of the molecule is CCOC(=O)c1cc(N)cc(Cl)c1OC1CCOCC1. The van der Waals surface area contributed by atoms with Gasteiger partial charge < -0.3 is 19.9 Å². The van der Waals surface area contributed by atoms with Crippen molar-refractivity contribution < 1.29 is 19.0 Å². The van der Waals surface area contributed by atoms with Crippen molar-refractivity contribution in [2.45, 2.75) is 25.9 Å². The highest BCUT2D eigenvalue weighted by atomic mass is 35.5. The highest BCUT2D eigenvalue weighted by Crippen LogP contribution is 2.34. The van der Waals surface area contributed by atoms with E-state index in [-0.39, 0.29) is 18.3 Å². The lowest BCUT2D eigenvalue weighted by Crippen LogP contribution is -2.26. The average molecular weight is 300 g/mol. The molecule has 1 aliphatic rings. The van der Waals surface area contributed by atoms with Crippen LogP contribution < -0.4 is 10.5 Å². The summed E-state index contributed by atoms with van der Waals surface area (Å²) in [5, 5.41) is 0.319. The molecule has 1 heterocycles. The zero-order valence-corrected chi connectivity index (χ0v) is 12.1. The Balaban J connectivity index is 2.26. The first-order valence-electron chi connectivity index (χ1n) is 6.62. The number of nitrogen functional groups attached to an aromatic ring is 1. The topological polar surface area (TPSA) is 70.8 Å². The molecule has 1 fully saturated rings. The number of rotatable bonds is 4. The molecule has 0 bridgehead atoms. The molecule has 0 atom stereocenters. The molecule has 2 N–H and O–H groups in total. The van der Waals surface area contributed by atoms with E-state index < -0.39 is 5.97 Å². The number of carbonyl (C=O) groups excluding carboxylic acids is 1. The lowest BCUT2D eigenvalue weighted by atomic mass is 10.1. The third-order valence-corrected chi connectivity index (χ3v) is 3.29. The number of benzene rings is 1. The standard InChI is InChI=1S/C14H18ClNO4/c1-2-19-14(17)11-7-9(16)8-12(15)13(11)20-10-3-5-18-6-4-10/h7-8,10H,2-6,16H2,1H3. The Labute approximate surface area is 122 Å². The number of ether oxygens (including phenoxy) is 3. The van der Waals surface area contributed by atoms with Gasteiger partial charge in [0.15, 0.2) is 5.75 Å². The summed E-state index contributed by atoms with van der Waals surface area (Å²) in [5.41, 5.74) is 6.39. The maximum Gasteiger partial charge on any atom is 0.342 e. The summed E-state index contributed by atoms with van der Waals surface area (Å²) in [6.45, 7) is 3.31. The second-order valence-electron chi connectivity index (χ2n) is 4.53. The van der Waals surface area contributed by atoms with E-state index in [0.717, 1.165) is 12.8 Å². The van der Waals surface area contributed by atoms with Crippen molar-refractivity contribution in [3.8, 4) is 5.75 Å². The van der Waals surface area contributed by atoms with Gasteiger partial charge in [-0.2, -0.15) is 0 Å². The quantitative estimate of drug-likeness (QED) is 0.683. The van der Waals surface area contributed by atoms with Crippen molar-refractivity contribution in [1.82, 2.24) is 0 Å². The third-order valence-electron chi connectivity index (χ3n) is 3.01. The second kappa shape index (κ2) is 6.81. The Kier molecular flexibility index (Phi) is 5.09. The normalized spacial score (nSPS) is 15.9. The molecule has 1 aromatic carbocycles. The van der Waals surface area contributed by atoms with Gasteiger partial charge in [-0.15, -0.1) is 0 Å². The van der Waals surface area contributed by atoms with E-state index in [2.05, 4.69) is 0 Å². The van der Waals surface area contributed by atoms with Crippen molar-refractivity contribution >= 4 is 23.3 Å². The molecule has 0 amide bonds. The highest BCUT2D eigenvalue weighted by Gasteiger charge is 2.23. The first-order chi connectivity index (χ1) is 9.61. The van der Waals surface area contributed by atoms with Gasteiger partial charge in [-0.25, -0.2) is 4.79 Å². The minimum absolute atomic E-state index is 0.0157. The van der Waals surface area contributed by atoms with E-state index in [1.807, 2.05) is 0 Å². The fourth-order valence-corrected chi connectivity index (χ4v) is 2.33. The zero-order chi connectivity index (χ0) is 14.5. The highest BCUT2D eigenvalue weighted by molar-refractivity contribution is 6.33. The summed E-state index contributed by atoms with van der Waals surface area (Å²) >= 11 is 6.15. The van der Waals surface area contributed by atoms with Gasteiger partial charge in [0, 0.05) is 18.5 Å². The summed E-state index contributed by atoms with van der Waals surface area (Å²) in [6, 6.07) is 3.09. The van der Waals surface area contributed by atoms with Gasteiger partial charge in [0.2, 0.25) is 0 Å². The molecule has 2 rings (SSSR count). The van der Waals surface area contributed by atoms with Gasteiger partial charge in [0.05, 0.1) is 24.8 Å². The molecule has 0 radical (unpaired) electrons. The third kappa shape index (κ3) is 3.55. The van der Waals surface area contributed by atoms with Crippen LogP contribution in [-0.4, -0.2) is 31.9 Å². The molecule has 20 heavy (non-hydrogen) atoms. The van der Waals surface area contributed by atoms with Crippen LogP contribution in [0.1, 0.15) is 30.1 Å². The molecule has 0 aliphatic carbocycles. The first kappa shape index (κ1) is 14.9. The largest absolute Gasteiger partial charge is 0.488 e. The molecular formula is C14H18ClNO4. The first-order valence-corrected chi connectivity index (χ1v) is 7.00. The van der Waals surface area contributed by atoms with E-state index in [9.17, 15) is 4.79 Å². The Morgan fingerprint density at radius 2 is 2.15 bits per heavy atom. The summed E-state index contributed by atoms with van der Waals surface area (Å²) in [7, 11) is 0. The van der Waals surface area contributed by atoms with E-state index in [4.69, 9.17) is 31.5 Å². The predicted octanol–water partition coefficient (Wildman–Crippen LogP) is 2.66. The van der Waals surface area contributed by atoms with Crippen LogP contribution in [-0.2, 0) is 9.47 Å². The van der Waals surface area contributed by atoms with Gasteiger partial charge in [0.1, 0.15) is 11.7 Å². The molecule has 110 valence electrons. The molecule has 0 saturated carbocycles. The summed E-state index contributed by atoms with van der Waals surface area (Å²) in [5.74, 6) is -0.144. The van der Waals surface area contributed by atoms with Crippen molar-refractivity contribution in [2.24, 2.45) is 0 Å². The lowest BCUT2D eigenvalue weighted by Gasteiger charge is -2.25. The number of hydrogen-bond acceptors (Lipinski definition) is 5. The van der Waals surface area contributed by atoms with Crippen LogP contribution in [0.15, 0.2) is 12.1 Å². The number of carbonyl (C=O) groups is 1. The van der Waals surface area contributed by atoms with Crippen LogP contribution in [0.3, 0.4) is 0 Å². The van der Waals surface area contributed by atoms with E-state index >= 15 is 0 Å². The number of esters is 1. The van der Waals surface area contributed by atoms with E-state index in [1.165, 1.54) is 6.07 Å². The van der Waals surface area contributed by atoms with Crippen LogP contribution in [0.5, 0.6) is 5.75 Å². The predicted molar refractivity (Wildman–Crippen MR) is 76.3 cm³/mol. The van der Waals surface area contributed by atoms with Gasteiger partial charge in [-0.05, 0) is 19.1 Å². The number of anilines is 1. The molecule has 5 nitrogen and oxygen atoms in total. The molecule has 0 unspecified atom stereocenters. The van der Waals surface area contributed by atoms with Crippen molar-refractivity contribution in [3.63, 3.8) is 0 Å². The van der Waals surface area contributed by atoms with Crippen LogP contribution in [0.25, 0.3) is 0 Å². The fourth-order valence-electron chi connectivity index (χ4n) is 2.06. The van der Waals surface area contributed by atoms with Gasteiger partial charge in [0.25, 0.3) is 0 Å². The maximum atomic E-state index is 12.0. The Morgan fingerprint density at radius 1 is 1.45 bits per heavy atom. The summed E-state index contributed by atoms with van der Waals surface area (Å²) in [6.07, 6.45) is 1.52. The van der Waals surface area contributed by atoms with E-state index in [1.54, 1.807) is 13.0 Å². The monoisotopic (exact) mass is 299 g/mol. The summed E-state index contributed by atoms with van der Waals surface area (Å²) < 4.78 is 16.2. The zero-order valence-electron chi connectivity index (χ0n) is 11.4. The maximum absolute atomic E-state index is 12.0. The minimum atomic E-state index is -0.483. The molecule has 1 aliphatic heterocycles. The molecule has 1 aromatic rings. The Morgan fingerprint density at radius 3 is 2.80 bits per heavy atom. The summed E-state index contributed by atoms with van der Waals surface area (Å²) in [4.78, 5) is 12.0. The smallest absolute Gasteiger partial charge is 0.342 e. The van der Waals surface area contributed by atoms with Crippen LogP contribution >= 0.6 is 11.6 Å². The van der Waals surface area contributed by atoms with Crippen LogP contribution in [0, 0.1) is 0 Å². The molecule has 1 saturated heterocycles. The minimum Gasteiger partial charge on any atom is -0.488 e. The lowest BCUT2D eigenvalue weighted by molar-refractivity contribution is 0.0244. The van der Waals surface area contributed by atoms with Crippen molar-refractivity contribution in [1.29, 1.82) is 0 Å². The van der Waals surface area contributed by atoms with Gasteiger partial charge in [-0.1, -0.05) is 11.6 Å². The molecule has 0 spiro atoms. The molecular weight excluding hydrogens is 282 g/mol. The Bertz CT molecular complexity index is 486. The average Bonchev–Trinajstić information content (AvgIpc) is 2.43. The van der Waals surface area contributed by atoms with Gasteiger partial charge in [-0.3, -0.25) is 0 Å². The number of halogens is 1. The second-order valence-corrected chi connectivity index (χ2v) is 4.94. The van der Waals surface area contributed by atoms with Crippen LogP contribution in [0.2, 0.25) is 5.02 Å². The van der Waals surface area contributed by atoms with Crippen molar-refractivity contribution in [3.05, 3.63) is 22.7 Å². The Hall–Kier alpha value is -1.46. The van der Waals surface area contributed by atoms with Crippen molar-refractivity contribution in [2.75, 3.05) is 25.6 Å². The molecule has 0 aromatic heterocycles. The van der Waals surface area contributed by atoms with Crippen LogP contribution in [0.4, 0.5) is 5.69 Å².